The minimum absolute atomic E-state index is 0.211. The summed E-state index contributed by atoms with van der Waals surface area (Å²) in [6.07, 6.45) is 1.49. The van der Waals surface area contributed by atoms with Crippen molar-refractivity contribution in [2.24, 2.45) is 0 Å². The molecule has 1 aromatic carbocycles. The van der Waals surface area contributed by atoms with Gasteiger partial charge in [-0.25, -0.2) is 4.98 Å². The Labute approximate surface area is 118 Å². The van der Waals surface area contributed by atoms with Crippen LogP contribution in [0.3, 0.4) is 0 Å². The van der Waals surface area contributed by atoms with E-state index >= 15 is 0 Å². The van der Waals surface area contributed by atoms with Gasteiger partial charge in [-0.1, -0.05) is 17.7 Å². The van der Waals surface area contributed by atoms with Gasteiger partial charge in [0.1, 0.15) is 5.82 Å². The predicted molar refractivity (Wildman–Crippen MR) is 76.1 cm³/mol. The second-order valence-electron chi connectivity index (χ2n) is 3.80. The van der Waals surface area contributed by atoms with Gasteiger partial charge in [0, 0.05) is 10.7 Å². The standard InChI is InChI=1S/C13H10BrClN2O/c1-8-2-4-10(11(14)6-8)13(18)17-12-5-3-9(15)7-16-12/h2-7H,1H3,(H,16,17,18). The fourth-order valence-electron chi connectivity index (χ4n) is 1.44. The molecule has 0 saturated heterocycles. The van der Waals surface area contributed by atoms with Gasteiger partial charge in [-0.15, -0.1) is 0 Å². The van der Waals surface area contributed by atoms with Gasteiger partial charge in [0.25, 0.3) is 5.91 Å². The van der Waals surface area contributed by atoms with Crippen LogP contribution in [-0.4, -0.2) is 10.9 Å². The van der Waals surface area contributed by atoms with Crippen LogP contribution < -0.4 is 5.32 Å². The van der Waals surface area contributed by atoms with Crippen LogP contribution in [-0.2, 0) is 0 Å². The van der Waals surface area contributed by atoms with E-state index < -0.39 is 0 Å². The summed E-state index contributed by atoms with van der Waals surface area (Å²) in [5, 5.41) is 3.24. The number of carbonyl (C=O) groups excluding carboxylic acids is 1. The number of rotatable bonds is 2. The molecule has 0 saturated carbocycles. The lowest BCUT2D eigenvalue weighted by atomic mass is 10.1. The third-order valence-corrected chi connectivity index (χ3v) is 3.22. The molecule has 0 aliphatic carbocycles. The van der Waals surface area contributed by atoms with Crippen LogP contribution in [0.2, 0.25) is 5.02 Å². The predicted octanol–water partition coefficient (Wildman–Crippen LogP) is 4.06. The van der Waals surface area contributed by atoms with E-state index in [0.717, 1.165) is 10.0 Å². The highest BCUT2D eigenvalue weighted by atomic mass is 79.9. The molecule has 1 N–H and O–H groups in total. The number of hydrogen-bond donors (Lipinski definition) is 1. The van der Waals surface area contributed by atoms with Gasteiger partial charge in [-0.2, -0.15) is 0 Å². The van der Waals surface area contributed by atoms with Crippen LogP contribution >= 0.6 is 27.5 Å². The van der Waals surface area contributed by atoms with Crippen LogP contribution in [0, 0.1) is 6.92 Å². The largest absolute Gasteiger partial charge is 0.307 e. The minimum atomic E-state index is -0.211. The smallest absolute Gasteiger partial charge is 0.257 e. The minimum Gasteiger partial charge on any atom is -0.307 e. The number of pyridine rings is 1. The summed E-state index contributed by atoms with van der Waals surface area (Å²) in [4.78, 5) is 16.0. The maximum atomic E-state index is 12.0. The van der Waals surface area contributed by atoms with Crippen molar-refractivity contribution in [3.05, 3.63) is 57.2 Å². The number of anilines is 1. The first kappa shape index (κ1) is 13.1. The first-order valence-corrected chi connectivity index (χ1v) is 6.42. The van der Waals surface area contributed by atoms with Gasteiger partial charge < -0.3 is 5.32 Å². The van der Waals surface area contributed by atoms with Gasteiger partial charge >= 0.3 is 0 Å². The molecule has 1 amide bonds. The van der Waals surface area contributed by atoms with Crippen molar-refractivity contribution in [3.63, 3.8) is 0 Å². The summed E-state index contributed by atoms with van der Waals surface area (Å²) in [5.41, 5.74) is 1.65. The zero-order valence-electron chi connectivity index (χ0n) is 9.58. The van der Waals surface area contributed by atoms with E-state index in [9.17, 15) is 4.79 Å². The third kappa shape index (κ3) is 3.09. The monoisotopic (exact) mass is 324 g/mol. The van der Waals surface area contributed by atoms with Gasteiger partial charge in [-0.05, 0) is 52.7 Å². The average Bonchev–Trinajstić information content (AvgIpc) is 2.32. The second kappa shape index (κ2) is 5.50. The fraction of sp³-hybridized carbons (Fsp3) is 0.0769. The van der Waals surface area contributed by atoms with Gasteiger partial charge in [0.15, 0.2) is 0 Å². The highest BCUT2D eigenvalue weighted by Crippen LogP contribution is 2.19. The summed E-state index contributed by atoms with van der Waals surface area (Å²) in [7, 11) is 0. The Balaban J connectivity index is 2.19. The molecule has 0 atom stereocenters. The molecule has 2 aromatic rings. The molecule has 5 heteroatoms. The van der Waals surface area contributed by atoms with Crippen LogP contribution in [0.1, 0.15) is 15.9 Å². The Morgan fingerprint density at radius 2 is 2.11 bits per heavy atom. The van der Waals surface area contributed by atoms with E-state index in [1.165, 1.54) is 6.20 Å². The van der Waals surface area contributed by atoms with Crippen LogP contribution in [0.15, 0.2) is 41.0 Å². The Hall–Kier alpha value is -1.39. The molecular formula is C13H10BrClN2O. The van der Waals surface area contributed by atoms with Crippen LogP contribution in [0.25, 0.3) is 0 Å². The van der Waals surface area contributed by atoms with E-state index in [0.29, 0.717) is 16.4 Å². The van der Waals surface area contributed by atoms with Crippen molar-refractivity contribution in [2.75, 3.05) is 5.32 Å². The Kier molecular flexibility index (Phi) is 3.99. The molecule has 0 aliphatic rings. The van der Waals surface area contributed by atoms with Crippen LogP contribution in [0.5, 0.6) is 0 Å². The molecule has 18 heavy (non-hydrogen) atoms. The zero-order chi connectivity index (χ0) is 13.1. The molecule has 0 aliphatic heterocycles. The van der Waals surface area contributed by atoms with Crippen molar-refractivity contribution in [2.45, 2.75) is 6.92 Å². The van der Waals surface area contributed by atoms with Gasteiger partial charge in [0.05, 0.1) is 10.6 Å². The lowest BCUT2D eigenvalue weighted by Gasteiger charge is -2.06. The lowest BCUT2D eigenvalue weighted by molar-refractivity contribution is 0.102. The number of halogens is 2. The fourth-order valence-corrected chi connectivity index (χ4v) is 2.22. The Morgan fingerprint density at radius 3 is 2.72 bits per heavy atom. The Bertz CT molecular complexity index is 584. The molecule has 0 fully saturated rings. The van der Waals surface area contributed by atoms with E-state index in [1.807, 2.05) is 19.1 Å². The highest BCUT2D eigenvalue weighted by Gasteiger charge is 2.10. The number of benzene rings is 1. The molecule has 92 valence electrons. The quantitative estimate of drug-likeness (QED) is 0.905. The lowest BCUT2D eigenvalue weighted by Crippen LogP contribution is -2.13. The molecule has 1 aromatic heterocycles. The maximum Gasteiger partial charge on any atom is 0.257 e. The van der Waals surface area contributed by atoms with Crippen molar-refractivity contribution in [1.82, 2.24) is 4.98 Å². The molecule has 0 unspecified atom stereocenters. The van der Waals surface area contributed by atoms with E-state index in [-0.39, 0.29) is 5.91 Å². The summed E-state index contributed by atoms with van der Waals surface area (Å²) < 4.78 is 0.758. The zero-order valence-corrected chi connectivity index (χ0v) is 11.9. The van der Waals surface area contributed by atoms with Crippen molar-refractivity contribution < 1.29 is 4.79 Å². The third-order valence-electron chi connectivity index (χ3n) is 2.34. The number of nitrogens with one attached hydrogen (secondary N) is 1. The number of aromatic nitrogens is 1. The molecule has 3 nitrogen and oxygen atoms in total. The number of amides is 1. The summed E-state index contributed by atoms with van der Waals surface area (Å²) in [6, 6.07) is 8.88. The first-order chi connectivity index (χ1) is 8.56. The number of nitrogens with zero attached hydrogens (tertiary/aromatic N) is 1. The van der Waals surface area contributed by atoms with Crippen molar-refractivity contribution in [1.29, 1.82) is 0 Å². The number of carbonyl (C=O) groups is 1. The van der Waals surface area contributed by atoms with E-state index in [4.69, 9.17) is 11.6 Å². The molecular weight excluding hydrogens is 316 g/mol. The summed E-state index contributed by atoms with van der Waals surface area (Å²) in [5.74, 6) is 0.258. The SMILES string of the molecule is Cc1ccc(C(=O)Nc2ccc(Cl)cn2)c(Br)c1. The van der Waals surface area contributed by atoms with Crippen molar-refractivity contribution in [3.8, 4) is 0 Å². The highest BCUT2D eigenvalue weighted by molar-refractivity contribution is 9.10. The molecule has 1 heterocycles. The average molecular weight is 326 g/mol. The van der Waals surface area contributed by atoms with Crippen molar-refractivity contribution >= 4 is 39.3 Å². The molecule has 0 spiro atoms. The second-order valence-corrected chi connectivity index (χ2v) is 5.09. The first-order valence-electron chi connectivity index (χ1n) is 5.25. The topological polar surface area (TPSA) is 42.0 Å². The van der Waals surface area contributed by atoms with E-state index in [2.05, 4.69) is 26.2 Å². The van der Waals surface area contributed by atoms with Gasteiger partial charge in [0.2, 0.25) is 0 Å². The summed E-state index contributed by atoms with van der Waals surface area (Å²) in [6.45, 7) is 1.97. The maximum absolute atomic E-state index is 12.0. The molecule has 0 bridgehead atoms. The molecule has 2 rings (SSSR count). The van der Waals surface area contributed by atoms with Gasteiger partial charge in [-0.3, -0.25) is 4.79 Å². The Morgan fingerprint density at radius 1 is 1.33 bits per heavy atom. The van der Waals surface area contributed by atoms with Crippen LogP contribution in [0.4, 0.5) is 5.82 Å². The number of hydrogen-bond acceptors (Lipinski definition) is 2. The molecule has 0 radical (unpaired) electrons. The van der Waals surface area contributed by atoms with E-state index in [1.54, 1.807) is 18.2 Å². The number of aryl methyl sites for hydroxylation is 1. The normalized spacial score (nSPS) is 10.2. The summed E-state index contributed by atoms with van der Waals surface area (Å²) >= 11 is 9.10.